The molecule has 0 bridgehead atoms. The second-order valence-corrected chi connectivity index (χ2v) is 8.59. The van der Waals surface area contributed by atoms with Crippen LogP contribution >= 0.6 is 0 Å². The second-order valence-electron chi connectivity index (χ2n) is 8.59. The Bertz CT molecular complexity index is 1250. The third-order valence-corrected chi connectivity index (χ3v) is 6.30. The number of benzene rings is 1. The van der Waals surface area contributed by atoms with E-state index in [4.69, 9.17) is 10.5 Å². The molecular formula is C22H19F5N6O3. The van der Waals surface area contributed by atoms with Crippen molar-refractivity contribution < 1.29 is 36.2 Å². The number of nitrogens with one attached hydrogen (secondary N) is 1. The minimum atomic E-state index is -4.80. The summed E-state index contributed by atoms with van der Waals surface area (Å²) in [4.78, 5) is 24.3. The summed E-state index contributed by atoms with van der Waals surface area (Å²) in [6, 6.07) is 5.20. The lowest BCUT2D eigenvalue weighted by Crippen LogP contribution is -2.51. The van der Waals surface area contributed by atoms with Crippen LogP contribution in [-0.2, 0) is 10.3 Å². The van der Waals surface area contributed by atoms with Crippen LogP contribution in [0.5, 0.6) is 5.88 Å². The summed E-state index contributed by atoms with van der Waals surface area (Å²) in [6.07, 6.45) is -5.44. The maximum atomic E-state index is 15.1. The number of amides is 1. The molecule has 1 aromatic heterocycles. The summed E-state index contributed by atoms with van der Waals surface area (Å²) < 4.78 is 78.3. The molecule has 3 heterocycles. The molecule has 0 unspecified atom stereocenters. The van der Waals surface area contributed by atoms with Gasteiger partial charge >= 0.3 is 6.18 Å². The van der Waals surface area contributed by atoms with Gasteiger partial charge in [0.05, 0.1) is 25.1 Å². The van der Waals surface area contributed by atoms with E-state index < -0.39 is 54.3 Å². The van der Waals surface area contributed by atoms with Crippen LogP contribution < -0.4 is 15.8 Å². The Labute approximate surface area is 201 Å². The number of halogens is 5. The van der Waals surface area contributed by atoms with E-state index >= 15 is 4.39 Å². The van der Waals surface area contributed by atoms with E-state index in [1.165, 1.54) is 13.0 Å². The van der Waals surface area contributed by atoms with Gasteiger partial charge < -0.3 is 20.5 Å². The fraction of sp³-hybridized carbons (Fsp3) is 0.409. The minimum absolute atomic E-state index is 0.0215. The Morgan fingerprint density at radius 1 is 1.36 bits per heavy atom. The Hall–Kier alpha value is -3.86. The number of hydrogen-bond acceptors (Lipinski definition) is 8. The predicted molar refractivity (Wildman–Crippen MR) is 114 cm³/mol. The van der Waals surface area contributed by atoms with Crippen molar-refractivity contribution in [2.75, 3.05) is 18.8 Å². The van der Waals surface area contributed by atoms with E-state index in [9.17, 15) is 27.6 Å². The zero-order valence-electron chi connectivity index (χ0n) is 18.6. The molecule has 0 radical (unpaired) electrons. The molecule has 1 aromatic carbocycles. The van der Waals surface area contributed by atoms with Crippen LogP contribution in [0.25, 0.3) is 0 Å². The van der Waals surface area contributed by atoms with Gasteiger partial charge in [0, 0.05) is 17.2 Å². The first-order chi connectivity index (χ1) is 16.9. The van der Waals surface area contributed by atoms with Crippen LogP contribution in [-0.4, -0.2) is 47.5 Å². The van der Waals surface area contributed by atoms with Crippen molar-refractivity contribution in [1.29, 1.82) is 5.26 Å². The molecule has 0 aliphatic carbocycles. The van der Waals surface area contributed by atoms with Crippen LogP contribution in [0.1, 0.15) is 29.4 Å². The van der Waals surface area contributed by atoms with Gasteiger partial charge in [-0.15, -0.1) is 0 Å². The number of anilines is 1. The highest BCUT2D eigenvalue weighted by Crippen LogP contribution is 2.55. The van der Waals surface area contributed by atoms with Crippen molar-refractivity contribution in [1.82, 2.24) is 9.97 Å². The molecule has 0 spiro atoms. The third kappa shape index (κ3) is 4.30. The molecule has 14 heteroatoms. The molecule has 9 nitrogen and oxygen atoms in total. The normalized spacial score (nSPS) is 27.5. The lowest BCUT2D eigenvalue weighted by molar-refractivity contribution is -0.218. The number of carbonyl (C=O) groups excluding carboxylic acids is 1. The number of ether oxygens (including phenoxy) is 2. The molecule has 4 atom stereocenters. The number of alkyl halides is 4. The molecule has 1 fully saturated rings. The number of nitrogens with two attached hydrogens (primary N) is 1. The average Bonchev–Trinajstić information content (AvgIpc) is 3.20. The quantitative estimate of drug-likeness (QED) is 0.590. The number of aliphatic imine (C=N–C) groups is 1. The number of hydrogen-bond donors (Lipinski definition) is 2. The highest BCUT2D eigenvalue weighted by Gasteiger charge is 2.64. The van der Waals surface area contributed by atoms with Gasteiger partial charge in [-0.1, -0.05) is 0 Å². The molecular weight excluding hydrogens is 491 g/mol. The van der Waals surface area contributed by atoms with Gasteiger partial charge in [0.1, 0.15) is 28.3 Å². The van der Waals surface area contributed by atoms with Gasteiger partial charge in [-0.2, -0.15) is 18.4 Å². The summed E-state index contributed by atoms with van der Waals surface area (Å²) in [6.45, 7) is -0.417. The van der Waals surface area contributed by atoms with E-state index in [1.807, 2.05) is 6.07 Å². The summed E-state index contributed by atoms with van der Waals surface area (Å²) in [5, 5.41) is 12.0. The topological polar surface area (TPSA) is 136 Å². The van der Waals surface area contributed by atoms with Crippen molar-refractivity contribution in [3.05, 3.63) is 47.7 Å². The second kappa shape index (κ2) is 8.98. The van der Waals surface area contributed by atoms with Crippen molar-refractivity contribution >= 4 is 17.4 Å². The fourth-order valence-corrected chi connectivity index (χ4v) is 4.42. The predicted octanol–water partition coefficient (Wildman–Crippen LogP) is 3.24. The number of rotatable bonds is 5. The van der Waals surface area contributed by atoms with Crippen LogP contribution in [0, 0.1) is 28.5 Å². The molecule has 2 aliphatic rings. The van der Waals surface area contributed by atoms with Crippen LogP contribution in [0.15, 0.2) is 35.6 Å². The molecule has 3 N–H and O–H groups in total. The molecule has 2 aliphatic heterocycles. The lowest BCUT2D eigenvalue weighted by atomic mass is 9.66. The van der Waals surface area contributed by atoms with Gasteiger partial charge in [0.2, 0.25) is 12.7 Å². The number of amidine groups is 1. The standard InChI is InChI=1S/C22H19F5N6O3/c1-20(8-28)5-13-17(22(25,26)27)35-9-21(13,33-19(20)29)12-4-11(2-3-14(12)24)32-18(34)15-6-31-16(7-30-15)36-10-23/h2-4,6-7,13,17H,5,9-10H2,1H3,(H2,29,33)(H,32,34)/t13-,17+,20-,21-/m1/s1. The van der Waals surface area contributed by atoms with Gasteiger partial charge in [-0.25, -0.2) is 18.7 Å². The first-order valence-electron chi connectivity index (χ1n) is 10.5. The number of aromatic nitrogens is 2. The first kappa shape index (κ1) is 25.2. The first-order valence-corrected chi connectivity index (χ1v) is 10.5. The van der Waals surface area contributed by atoms with Crippen LogP contribution in [0.3, 0.4) is 0 Å². The molecule has 2 aromatic rings. The molecule has 1 saturated heterocycles. The largest absolute Gasteiger partial charge is 0.445 e. The molecule has 4 rings (SSSR count). The Kier molecular flexibility index (Phi) is 6.29. The van der Waals surface area contributed by atoms with Gasteiger partial charge in [-0.05, 0) is 31.5 Å². The third-order valence-electron chi connectivity index (χ3n) is 6.30. The summed E-state index contributed by atoms with van der Waals surface area (Å²) in [5.74, 6) is -3.52. The monoisotopic (exact) mass is 510 g/mol. The van der Waals surface area contributed by atoms with Crippen LogP contribution in [0.2, 0.25) is 0 Å². The fourth-order valence-electron chi connectivity index (χ4n) is 4.42. The maximum absolute atomic E-state index is 15.1. The van der Waals surface area contributed by atoms with Crippen molar-refractivity contribution in [2.45, 2.75) is 31.2 Å². The van der Waals surface area contributed by atoms with E-state index in [0.717, 1.165) is 24.5 Å². The minimum Gasteiger partial charge on any atom is -0.445 e. The smallest absolute Gasteiger partial charge is 0.415 e. The summed E-state index contributed by atoms with van der Waals surface area (Å²) in [7, 11) is 0. The zero-order valence-corrected chi connectivity index (χ0v) is 18.6. The van der Waals surface area contributed by atoms with Crippen molar-refractivity contribution in [3.8, 4) is 11.9 Å². The van der Waals surface area contributed by atoms with E-state index in [2.05, 4.69) is 25.0 Å². The van der Waals surface area contributed by atoms with Gasteiger partial charge in [0.15, 0.2) is 6.10 Å². The molecule has 1 amide bonds. The van der Waals surface area contributed by atoms with E-state index in [-0.39, 0.29) is 35.1 Å². The zero-order chi connectivity index (χ0) is 26.3. The van der Waals surface area contributed by atoms with E-state index in [0.29, 0.717) is 0 Å². The average molecular weight is 510 g/mol. The maximum Gasteiger partial charge on any atom is 0.415 e. The molecule has 0 saturated carbocycles. The Morgan fingerprint density at radius 3 is 2.72 bits per heavy atom. The number of carbonyl (C=O) groups is 1. The van der Waals surface area contributed by atoms with Crippen molar-refractivity contribution in [2.24, 2.45) is 22.1 Å². The summed E-state index contributed by atoms with van der Waals surface area (Å²) >= 11 is 0. The Morgan fingerprint density at radius 2 is 2.11 bits per heavy atom. The van der Waals surface area contributed by atoms with Gasteiger partial charge in [0.25, 0.3) is 5.91 Å². The highest BCUT2D eigenvalue weighted by molar-refractivity contribution is 6.02. The molecule has 36 heavy (non-hydrogen) atoms. The molecule has 190 valence electrons. The lowest BCUT2D eigenvalue weighted by Gasteiger charge is -2.42. The number of fused-ring (bicyclic) bond motifs is 1. The number of nitriles is 1. The van der Waals surface area contributed by atoms with Gasteiger partial charge in [-0.3, -0.25) is 9.79 Å². The summed E-state index contributed by atoms with van der Waals surface area (Å²) in [5.41, 5.74) is 2.15. The Balaban J connectivity index is 1.72. The number of nitrogens with zero attached hydrogens (tertiary/aromatic N) is 4. The van der Waals surface area contributed by atoms with Crippen LogP contribution in [0.4, 0.5) is 27.6 Å². The SMILES string of the molecule is C[C@]1(C#N)C[C@@H]2[C@@H](C(F)(F)F)OC[C@]2(c2cc(NC(=O)c3cnc(OCF)cn3)ccc2F)N=C1N. The van der Waals surface area contributed by atoms with Crippen molar-refractivity contribution in [3.63, 3.8) is 0 Å². The highest BCUT2D eigenvalue weighted by atomic mass is 19.4. The van der Waals surface area contributed by atoms with E-state index in [1.54, 1.807) is 0 Å².